The molecule has 0 atom stereocenters. The number of aliphatic hydroxyl groups excluding tert-OH is 1. The van der Waals surface area contributed by atoms with Crippen molar-refractivity contribution in [2.75, 3.05) is 12.4 Å². The number of aliphatic hydroxyl groups is 1. The Balaban J connectivity index is 1.98. The minimum atomic E-state index is -3.27. The third-order valence-electron chi connectivity index (χ3n) is 3.23. The number of aromatic nitrogens is 2. The third-order valence-corrected chi connectivity index (χ3v) is 4.83. The van der Waals surface area contributed by atoms with Crippen LogP contribution < -0.4 is 0 Å². The van der Waals surface area contributed by atoms with Gasteiger partial charge in [0.05, 0.1) is 5.75 Å². The number of rotatable bonds is 8. The van der Waals surface area contributed by atoms with Crippen LogP contribution in [0.2, 0.25) is 0 Å². The van der Waals surface area contributed by atoms with Crippen LogP contribution in [0.3, 0.4) is 0 Å². The minimum absolute atomic E-state index is 0.0647. The van der Waals surface area contributed by atoms with Gasteiger partial charge < -0.3 is 9.63 Å². The van der Waals surface area contributed by atoms with Crippen molar-refractivity contribution in [3.05, 3.63) is 35.7 Å². The predicted octanol–water partition coefficient (Wildman–Crippen LogP) is 2.12. The zero-order valence-corrected chi connectivity index (χ0v) is 13.3. The molecule has 0 amide bonds. The Morgan fingerprint density at radius 2 is 1.86 bits per heavy atom. The van der Waals surface area contributed by atoms with E-state index in [1.807, 2.05) is 31.2 Å². The van der Waals surface area contributed by atoms with Crippen LogP contribution in [0.15, 0.2) is 28.8 Å². The lowest BCUT2D eigenvalue weighted by Gasteiger charge is -2.00. The molecule has 1 N–H and O–H groups in total. The predicted molar refractivity (Wildman–Crippen MR) is 82.9 cm³/mol. The summed E-state index contributed by atoms with van der Waals surface area (Å²) in [6, 6.07) is 7.60. The molecule has 6 nitrogen and oxygen atoms in total. The van der Waals surface area contributed by atoms with E-state index < -0.39 is 9.84 Å². The van der Waals surface area contributed by atoms with Crippen LogP contribution >= 0.6 is 0 Å². The number of hydrogen-bond donors (Lipinski definition) is 1. The number of hydrogen-bond acceptors (Lipinski definition) is 6. The monoisotopic (exact) mass is 324 g/mol. The Labute approximate surface area is 130 Å². The summed E-state index contributed by atoms with van der Waals surface area (Å²) >= 11 is 0. The fourth-order valence-electron chi connectivity index (χ4n) is 2.00. The van der Waals surface area contributed by atoms with Gasteiger partial charge in [-0.3, -0.25) is 0 Å². The highest BCUT2D eigenvalue weighted by Gasteiger charge is 2.17. The van der Waals surface area contributed by atoms with Crippen molar-refractivity contribution in [3.8, 4) is 11.4 Å². The van der Waals surface area contributed by atoms with Crippen LogP contribution in [-0.2, 0) is 15.6 Å². The highest BCUT2D eigenvalue weighted by atomic mass is 32.2. The standard InChI is InChI=1S/C15H20N2O4S/c1-12-5-7-13(8-6-12)15-16-14(21-17-15)11-22(19,20)10-4-2-3-9-18/h5-8,18H,2-4,9-11H2,1H3. The van der Waals surface area contributed by atoms with Crippen molar-refractivity contribution < 1.29 is 18.0 Å². The molecule has 0 saturated heterocycles. The van der Waals surface area contributed by atoms with Crippen molar-refractivity contribution >= 4 is 9.84 Å². The summed E-state index contributed by atoms with van der Waals surface area (Å²) in [4.78, 5) is 4.14. The van der Waals surface area contributed by atoms with Crippen molar-refractivity contribution in [2.45, 2.75) is 31.9 Å². The number of unbranched alkanes of at least 4 members (excludes halogenated alkanes) is 2. The summed E-state index contributed by atoms with van der Waals surface area (Å²) in [5, 5.41) is 12.5. The van der Waals surface area contributed by atoms with E-state index in [9.17, 15) is 8.42 Å². The second kappa shape index (κ2) is 7.51. The molecule has 0 aliphatic rings. The van der Waals surface area contributed by atoms with Crippen LogP contribution in [0.5, 0.6) is 0 Å². The van der Waals surface area contributed by atoms with Gasteiger partial charge in [0.25, 0.3) is 0 Å². The van der Waals surface area contributed by atoms with Gasteiger partial charge in [-0.15, -0.1) is 0 Å². The van der Waals surface area contributed by atoms with E-state index in [0.717, 1.165) is 11.1 Å². The van der Waals surface area contributed by atoms with E-state index in [0.29, 0.717) is 25.1 Å². The van der Waals surface area contributed by atoms with Gasteiger partial charge in [0.1, 0.15) is 5.75 Å². The smallest absolute Gasteiger partial charge is 0.242 e. The largest absolute Gasteiger partial charge is 0.396 e. The quantitative estimate of drug-likeness (QED) is 0.748. The number of nitrogens with zero attached hydrogens (tertiary/aromatic N) is 2. The third kappa shape index (κ3) is 4.92. The second-order valence-electron chi connectivity index (χ2n) is 5.25. The van der Waals surface area contributed by atoms with Crippen LogP contribution in [0, 0.1) is 6.92 Å². The molecule has 2 rings (SSSR count). The Hall–Kier alpha value is -1.73. The molecule has 0 fully saturated rings. The first-order valence-corrected chi connectivity index (χ1v) is 9.03. The Morgan fingerprint density at radius 1 is 1.14 bits per heavy atom. The van der Waals surface area contributed by atoms with Gasteiger partial charge in [-0.05, 0) is 19.8 Å². The van der Waals surface area contributed by atoms with E-state index in [1.165, 1.54) is 0 Å². The van der Waals surface area contributed by atoms with Gasteiger partial charge >= 0.3 is 0 Å². The lowest BCUT2D eigenvalue weighted by molar-refractivity contribution is 0.284. The summed E-state index contributed by atoms with van der Waals surface area (Å²) in [5.74, 6) is 0.323. The molecule has 1 heterocycles. The molecule has 0 spiro atoms. The van der Waals surface area contributed by atoms with E-state index in [4.69, 9.17) is 9.63 Å². The van der Waals surface area contributed by atoms with Crippen LogP contribution in [0.1, 0.15) is 30.7 Å². The molecule has 120 valence electrons. The zero-order chi connectivity index (χ0) is 16.0. The average molecular weight is 324 g/mol. The van der Waals surface area contributed by atoms with Crippen molar-refractivity contribution in [3.63, 3.8) is 0 Å². The van der Waals surface area contributed by atoms with Crippen molar-refractivity contribution in [1.82, 2.24) is 10.1 Å². The van der Waals surface area contributed by atoms with E-state index in [2.05, 4.69) is 10.1 Å². The Bertz CT molecular complexity index is 693. The molecule has 0 aliphatic heterocycles. The van der Waals surface area contributed by atoms with E-state index in [-0.39, 0.29) is 24.0 Å². The molecule has 0 bridgehead atoms. The fourth-order valence-corrected chi connectivity index (χ4v) is 3.29. The van der Waals surface area contributed by atoms with Gasteiger partial charge in [0.15, 0.2) is 9.84 Å². The summed E-state index contributed by atoms with van der Waals surface area (Å²) in [5.41, 5.74) is 1.92. The topological polar surface area (TPSA) is 93.3 Å². The maximum Gasteiger partial charge on any atom is 0.242 e. The normalized spacial score (nSPS) is 11.7. The van der Waals surface area contributed by atoms with Crippen molar-refractivity contribution in [2.24, 2.45) is 0 Å². The van der Waals surface area contributed by atoms with Gasteiger partial charge in [-0.2, -0.15) is 4.98 Å². The second-order valence-corrected chi connectivity index (χ2v) is 7.44. The van der Waals surface area contributed by atoms with Gasteiger partial charge in [0, 0.05) is 12.2 Å². The highest BCUT2D eigenvalue weighted by molar-refractivity contribution is 7.90. The van der Waals surface area contributed by atoms with E-state index >= 15 is 0 Å². The summed E-state index contributed by atoms with van der Waals surface area (Å²) in [6.07, 6.45) is 1.84. The van der Waals surface area contributed by atoms with Crippen LogP contribution in [0.4, 0.5) is 0 Å². The average Bonchev–Trinajstić information content (AvgIpc) is 2.92. The summed E-state index contributed by atoms with van der Waals surface area (Å²) in [7, 11) is -3.27. The fraction of sp³-hybridized carbons (Fsp3) is 0.467. The van der Waals surface area contributed by atoms with E-state index in [1.54, 1.807) is 0 Å². The summed E-state index contributed by atoms with van der Waals surface area (Å²) < 4.78 is 29.0. The molecule has 2 aromatic rings. The Kier molecular flexibility index (Phi) is 5.68. The molecule has 22 heavy (non-hydrogen) atoms. The first-order chi connectivity index (χ1) is 10.5. The molecule has 1 aromatic heterocycles. The zero-order valence-electron chi connectivity index (χ0n) is 12.5. The molecule has 0 aliphatic carbocycles. The number of benzene rings is 1. The van der Waals surface area contributed by atoms with Crippen LogP contribution in [0.25, 0.3) is 11.4 Å². The maximum absolute atomic E-state index is 12.0. The first kappa shape index (κ1) is 16.6. The van der Waals surface area contributed by atoms with Gasteiger partial charge in [0.2, 0.25) is 11.7 Å². The molecule has 1 aromatic carbocycles. The molecule has 0 unspecified atom stereocenters. The maximum atomic E-state index is 12.0. The first-order valence-electron chi connectivity index (χ1n) is 7.21. The lowest BCUT2D eigenvalue weighted by atomic mass is 10.1. The van der Waals surface area contributed by atoms with Crippen molar-refractivity contribution in [1.29, 1.82) is 0 Å². The number of aryl methyl sites for hydroxylation is 1. The lowest BCUT2D eigenvalue weighted by Crippen LogP contribution is -2.09. The van der Waals surface area contributed by atoms with Gasteiger partial charge in [-0.1, -0.05) is 41.4 Å². The molecular weight excluding hydrogens is 304 g/mol. The Morgan fingerprint density at radius 3 is 2.55 bits per heavy atom. The number of sulfone groups is 1. The highest BCUT2D eigenvalue weighted by Crippen LogP contribution is 2.17. The van der Waals surface area contributed by atoms with Gasteiger partial charge in [-0.25, -0.2) is 8.42 Å². The molecule has 7 heteroatoms. The van der Waals surface area contributed by atoms with Crippen LogP contribution in [-0.4, -0.2) is 36.0 Å². The summed E-state index contributed by atoms with van der Waals surface area (Å²) in [6.45, 7) is 2.07. The molecule has 0 radical (unpaired) electrons. The molecule has 0 saturated carbocycles. The SMILES string of the molecule is Cc1ccc(-c2noc(CS(=O)(=O)CCCCCO)n2)cc1. The molecular formula is C15H20N2O4S. The minimum Gasteiger partial charge on any atom is -0.396 e.